The molecule has 0 amide bonds. The summed E-state index contributed by atoms with van der Waals surface area (Å²) in [5, 5.41) is 0.311. The molecule has 0 fully saturated rings. The number of ether oxygens (including phenoxy) is 1. The van der Waals surface area contributed by atoms with Gasteiger partial charge in [-0.1, -0.05) is 48.9 Å². The average molecular weight is 389 g/mol. The van der Waals surface area contributed by atoms with Crippen LogP contribution in [0, 0.1) is 17.7 Å². The molecule has 27 heavy (non-hydrogen) atoms. The molecule has 3 nitrogen and oxygen atoms in total. The van der Waals surface area contributed by atoms with Crippen LogP contribution < -0.4 is 0 Å². The number of benzene rings is 1. The first-order valence-corrected chi connectivity index (χ1v) is 9.00. The second-order valence-corrected chi connectivity index (χ2v) is 6.96. The lowest BCUT2D eigenvalue weighted by Crippen LogP contribution is -2.20. The van der Waals surface area contributed by atoms with Crippen LogP contribution in [-0.2, 0) is 14.3 Å². The summed E-state index contributed by atoms with van der Waals surface area (Å²) in [6.07, 6.45) is 10.5. The van der Waals surface area contributed by atoms with E-state index < -0.39 is 11.8 Å². The molecule has 142 valence electrons. The number of ketones is 1. The monoisotopic (exact) mass is 388 g/mol. The van der Waals surface area contributed by atoms with Gasteiger partial charge in [-0.15, -0.1) is 0 Å². The molecule has 0 saturated carbocycles. The van der Waals surface area contributed by atoms with Crippen molar-refractivity contribution in [3.05, 3.63) is 76.1 Å². The Morgan fingerprint density at radius 2 is 2.07 bits per heavy atom. The minimum absolute atomic E-state index is 0.0354. The Morgan fingerprint density at radius 1 is 1.33 bits per heavy atom. The topological polar surface area (TPSA) is 43.4 Å². The maximum atomic E-state index is 14.0. The molecule has 0 heterocycles. The van der Waals surface area contributed by atoms with E-state index in [1.54, 1.807) is 37.3 Å². The molecule has 0 aromatic heterocycles. The quantitative estimate of drug-likeness (QED) is 0.389. The summed E-state index contributed by atoms with van der Waals surface area (Å²) >= 11 is 6.06. The summed E-state index contributed by atoms with van der Waals surface area (Å²) in [6.45, 7) is 3.79. The van der Waals surface area contributed by atoms with E-state index >= 15 is 0 Å². The van der Waals surface area contributed by atoms with Crippen LogP contribution in [0.25, 0.3) is 6.08 Å². The summed E-state index contributed by atoms with van der Waals surface area (Å²) < 4.78 is 18.6. The summed E-state index contributed by atoms with van der Waals surface area (Å²) in [7, 11) is 1.32. The Balaban J connectivity index is 2.31. The van der Waals surface area contributed by atoms with Gasteiger partial charge in [0.25, 0.3) is 0 Å². The minimum atomic E-state index is -0.422. The molecule has 2 rings (SSSR count). The lowest BCUT2D eigenvalue weighted by molar-refractivity contribution is -0.134. The smallest absolute Gasteiger partial charge is 0.330 e. The molecule has 2 atom stereocenters. The van der Waals surface area contributed by atoms with Crippen molar-refractivity contribution in [2.75, 3.05) is 7.11 Å². The Morgan fingerprint density at radius 3 is 2.74 bits per heavy atom. The SMILES string of the molecule is COC(=O)/C=C(C)\C=C\C1C(/C=C/c2c(F)cccc2Cl)=CC(=O)CC1C. The predicted molar refractivity (Wildman–Crippen MR) is 106 cm³/mol. The fourth-order valence-electron chi connectivity index (χ4n) is 2.97. The summed E-state index contributed by atoms with van der Waals surface area (Å²) in [6, 6.07) is 4.50. The molecule has 0 bridgehead atoms. The van der Waals surface area contributed by atoms with Crippen LogP contribution in [0.2, 0.25) is 5.02 Å². The van der Waals surface area contributed by atoms with E-state index in [2.05, 4.69) is 4.74 Å². The first kappa shape index (κ1) is 20.8. The zero-order valence-electron chi connectivity index (χ0n) is 15.5. The van der Waals surface area contributed by atoms with Crippen molar-refractivity contribution in [2.24, 2.45) is 11.8 Å². The second kappa shape index (κ2) is 9.47. The van der Waals surface area contributed by atoms with Crippen LogP contribution in [0.5, 0.6) is 0 Å². The van der Waals surface area contributed by atoms with Crippen LogP contribution in [-0.4, -0.2) is 18.9 Å². The van der Waals surface area contributed by atoms with Gasteiger partial charge in [-0.2, -0.15) is 0 Å². The van der Waals surface area contributed by atoms with Gasteiger partial charge in [0.15, 0.2) is 5.78 Å². The number of esters is 1. The maximum Gasteiger partial charge on any atom is 0.330 e. The van der Waals surface area contributed by atoms with Gasteiger partial charge in [0, 0.05) is 24.0 Å². The van der Waals surface area contributed by atoms with Crippen molar-refractivity contribution in [2.45, 2.75) is 20.3 Å². The standard InChI is InChI=1S/C22H22ClFO3/c1-14(11-22(26)27-3)7-9-18-15(2)12-17(25)13-16(18)8-10-19-20(23)5-4-6-21(19)24/h4-11,13,15,18H,12H2,1-3H3/b9-7+,10-8+,14-11-. The molecule has 0 N–H and O–H groups in total. The van der Waals surface area contributed by atoms with E-state index in [0.29, 0.717) is 11.4 Å². The van der Waals surface area contributed by atoms with Crippen LogP contribution >= 0.6 is 11.6 Å². The third-order valence-electron chi connectivity index (χ3n) is 4.40. The van der Waals surface area contributed by atoms with E-state index in [1.165, 1.54) is 19.3 Å². The van der Waals surface area contributed by atoms with Gasteiger partial charge in [-0.25, -0.2) is 9.18 Å². The third kappa shape index (κ3) is 5.76. The number of carbonyl (C=O) groups is 2. The van der Waals surface area contributed by atoms with Crippen molar-refractivity contribution < 1.29 is 18.7 Å². The van der Waals surface area contributed by atoms with Crippen molar-refractivity contribution in [1.29, 1.82) is 0 Å². The number of halogens is 2. The molecule has 0 radical (unpaired) electrons. The predicted octanol–water partition coefficient (Wildman–Crippen LogP) is 5.32. The van der Waals surface area contributed by atoms with Gasteiger partial charge in [-0.05, 0) is 42.2 Å². The van der Waals surface area contributed by atoms with Crippen molar-refractivity contribution in [1.82, 2.24) is 0 Å². The summed E-state index contributed by atoms with van der Waals surface area (Å²) in [5.74, 6) is -0.758. The highest BCUT2D eigenvalue weighted by atomic mass is 35.5. The number of allylic oxidation sites excluding steroid dienone is 6. The Kier molecular flexibility index (Phi) is 7.31. The van der Waals surface area contributed by atoms with Gasteiger partial charge >= 0.3 is 5.97 Å². The molecule has 0 saturated heterocycles. The number of carbonyl (C=O) groups excluding carboxylic acids is 2. The van der Waals surface area contributed by atoms with Crippen molar-refractivity contribution >= 4 is 29.4 Å². The van der Waals surface area contributed by atoms with Gasteiger partial charge in [0.1, 0.15) is 5.82 Å². The Hall–Kier alpha value is -2.46. The Labute approximate surface area is 163 Å². The average Bonchev–Trinajstić information content (AvgIpc) is 2.60. The lowest BCUT2D eigenvalue weighted by Gasteiger charge is -2.25. The first-order valence-electron chi connectivity index (χ1n) is 8.62. The molecular weight excluding hydrogens is 367 g/mol. The van der Waals surface area contributed by atoms with Gasteiger partial charge < -0.3 is 4.74 Å². The molecule has 5 heteroatoms. The highest BCUT2D eigenvalue weighted by Gasteiger charge is 2.25. The van der Waals surface area contributed by atoms with E-state index in [4.69, 9.17) is 11.6 Å². The summed E-state index contributed by atoms with van der Waals surface area (Å²) in [5.41, 5.74) is 1.81. The van der Waals surface area contributed by atoms with E-state index in [0.717, 1.165) is 11.1 Å². The molecule has 2 unspecified atom stereocenters. The van der Waals surface area contributed by atoms with Gasteiger partial charge in [0.2, 0.25) is 0 Å². The van der Waals surface area contributed by atoms with Crippen LogP contribution in [0.15, 0.2) is 59.7 Å². The summed E-state index contributed by atoms with van der Waals surface area (Å²) in [4.78, 5) is 23.3. The minimum Gasteiger partial charge on any atom is -0.466 e. The fourth-order valence-corrected chi connectivity index (χ4v) is 3.20. The second-order valence-electron chi connectivity index (χ2n) is 6.56. The van der Waals surface area contributed by atoms with Crippen molar-refractivity contribution in [3.63, 3.8) is 0 Å². The van der Waals surface area contributed by atoms with E-state index in [-0.39, 0.29) is 23.2 Å². The number of hydrogen-bond donors (Lipinski definition) is 0. The largest absolute Gasteiger partial charge is 0.466 e. The number of rotatable bonds is 5. The molecule has 1 aliphatic rings. The Bertz CT molecular complexity index is 829. The molecule has 0 spiro atoms. The first-order chi connectivity index (χ1) is 12.8. The highest BCUT2D eigenvalue weighted by Crippen LogP contribution is 2.32. The normalized spacial score (nSPS) is 21.0. The zero-order chi connectivity index (χ0) is 20.0. The van der Waals surface area contributed by atoms with E-state index in [1.807, 2.05) is 19.1 Å². The zero-order valence-corrected chi connectivity index (χ0v) is 16.3. The highest BCUT2D eigenvalue weighted by molar-refractivity contribution is 6.32. The van der Waals surface area contributed by atoms with Gasteiger partial charge in [0.05, 0.1) is 12.1 Å². The molecule has 1 aliphatic carbocycles. The number of hydrogen-bond acceptors (Lipinski definition) is 3. The number of methoxy groups -OCH3 is 1. The lowest BCUT2D eigenvalue weighted by atomic mass is 9.78. The third-order valence-corrected chi connectivity index (χ3v) is 4.73. The van der Waals surface area contributed by atoms with Crippen molar-refractivity contribution in [3.8, 4) is 0 Å². The molecule has 1 aromatic carbocycles. The molecule has 0 aliphatic heterocycles. The molecular formula is C22H22ClFO3. The van der Waals surface area contributed by atoms with E-state index in [9.17, 15) is 14.0 Å². The van der Waals surface area contributed by atoms with Crippen LogP contribution in [0.1, 0.15) is 25.8 Å². The maximum absolute atomic E-state index is 14.0. The van der Waals surface area contributed by atoms with Gasteiger partial charge in [-0.3, -0.25) is 4.79 Å². The fraction of sp³-hybridized carbons (Fsp3) is 0.273. The van der Waals surface area contributed by atoms with Crippen LogP contribution in [0.4, 0.5) is 4.39 Å². The molecule has 1 aromatic rings. The van der Waals surface area contributed by atoms with Crippen LogP contribution in [0.3, 0.4) is 0 Å².